The summed E-state index contributed by atoms with van der Waals surface area (Å²) in [7, 11) is 0. The maximum atomic E-state index is 5.58. The standard InChI is InChI=1S/C10H22N4O/c1-3-6-12-10(14-11)13-8(2)9-5-4-7-15-9/h8-9H,3-7,11H2,1-2H3,(H2,12,13,14). The van der Waals surface area contributed by atoms with E-state index in [9.17, 15) is 0 Å². The van der Waals surface area contributed by atoms with Gasteiger partial charge in [-0.05, 0) is 26.2 Å². The average Bonchev–Trinajstić information content (AvgIpc) is 2.77. The van der Waals surface area contributed by atoms with Crippen LogP contribution in [0.3, 0.4) is 0 Å². The van der Waals surface area contributed by atoms with Crippen molar-refractivity contribution >= 4 is 5.96 Å². The van der Waals surface area contributed by atoms with E-state index < -0.39 is 0 Å². The largest absolute Gasteiger partial charge is 0.376 e. The first-order chi connectivity index (χ1) is 7.27. The first-order valence-electron chi connectivity index (χ1n) is 5.67. The van der Waals surface area contributed by atoms with Gasteiger partial charge in [-0.3, -0.25) is 10.4 Å². The zero-order valence-corrected chi connectivity index (χ0v) is 9.62. The SMILES string of the molecule is CCCN=C(NN)NC(C)C1CCCO1. The fourth-order valence-electron chi connectivity index (χ4n) is 1.66. The van der Waals surface area contributed by atoms with E-state index in [0.717, 1.165) is 32.4 Å². The van der Waals surface area contributed by atoms with Crippen LogP contribution in [0.4, 0.5) is 0 Å². The van der Waals surface area contributed by atoms with Crippen molar-refractivity contribution in [3.63, 3.8) is 0 Å². The number of hydrogen-bond acceptors (Lipinski definition) is 3. The van der Waals surface area contributed by atoms with E-state index >= 15 is 0 Å². The number of guanidine groups is 1. The number of aliphatic imine (C=N–C) groups is 1. The second-order valence-corrected chi connectivity index (χ2v) is 3.86. The quantitative estimate of drug-likeness (QED) is 0.274. The number of nitrogens with two attached hydrogens (primary N) is 1. The molecule has 0 aromatic rings. The van der Waals surface area contributed by atoms with Gasteiger partial charge in [0.1, 0.15) is 0 Å². The number of nitrogens with zero attached hydrogens (tertiary/aromatic N) is 1. The number of nitrogens with one attached hydrogen (secondary N) is 2. The van der Waals surface area contributed by atoms with Crippen molar-refractivity contribution < 1.29 is 4.74 Å². The van der Waals surface area contributed by atoms with Crippen molar-refractivity contribution in [3.05, 3.63) is 0 Å². The minimum absolute atomic E-state index is 0.249. The molecule has 0 saturated carbocycles. The minimum Gasteiger partial charge on any atom is -0.376 e. The molecule has 0 aliphatic carbocycles. The number of ether oxygens (including phenoxy) is 1. The van der Waals surface area contributed by atoms with Gasteiger partial charge >= 0.3 is 0 Å². The smallest absolute Gasteiger partial charge is 0.206 e. The van der Waals surface area contributed by atoms with Gasteiger partial charge in [-0.25, -0.2) is 5.84 Å². The minimum atomic E-state index is 0.249. The molecule has 2 atom stereocenters. The first kappa shape index (κ1) is 12.3. The summed E-state index contributed by atoms with van der Waals surface area (Å²) < 4.78 is 5.58. The van der Waals surface area contributed by atoms with Crippen molar-refractivity contribution in [2.45, 2.75) is 45.3 Å². The molecule has 1 saturated heterocycles. The molecule has 0 aromatic heterocycles. The Bertz CT molecular complexity index is 202. The monoisotopic (exact) mass is 214 g/mol. The van der Waals surface area contributed by atoms with Crippen LogP contribution < -0.4 is 16.6 Å². The van der Waals surface area contributed by atoms with E-state index in [1.165, 1.54) is 0 Å². The fraction of sp³-hybridized carbons (Fsp3) is 0.900. The molecule has 0 amide bonds. The molecule has 5 nitrogen and oxygen atoms in total. The van der Waals surface area contributed by atoms with Crippen LogP contribution in [0.5, 0.6) is 0 Å². The zero-order chi connectivity index (χ0) is 11.1. The lowest BCUT2D eigenvalue weighted by Gasteiger charge is -2.21. The van der Waals surface area contributed by atoms with Crippen LogP contribution in [-0.2, 0) is 4.74 Å². The van der Waals surface area contributed by atoms with Crippen molar-refractivity contribution in [1.82, 2.24) is 10.7 Å². The highest BCUT2D eigenvalue weighted by Gasteiger charge is 2.22. The van der Waals surface area contributed by atoms with Gasteiger partial charge in [-0.15, -0.1) is 0 Å². The lowest BCUT2D eigenvalue weighted by atomic mass is 10.1. The molecule has 2 unspecified atom stereocenters. The maximum absolute atomic E-state index is 5.58. The Hall–Kier alpha value is -0.810. The van der Waals surface area contributed by atoms with Crippen LogP contribution in [0.2, 0.25) is 0 Å². The third-order valence-electron chi connectivity index (χ3n) is 2.52. The molecule has 1 aliphatic rings. The third-order valence-corrected chi connectivity index (χ3v) is 2.52. The summed E-state index contributed by atoms with van der Waals surface area (Å²) in [5, 5.41) is 3.23. The second kappa shape index (κ2) is 6.63. The molecule has 88 valence electrons. The Morgan fingerprint density at radius 2 is 2.47 bits per heavy atom. The van der Waals surface area contributed by atoms with Crippen LogP contribution in [0.15, 0.2) is 4.99 Å². The van der Waals surface area contributed by atoms with E-state index in [1.807, 2.05) is 0 Å². The highest BCUT2D eigenvalue weighted by molar-refractivity contribution is 5.79. The van der Waals surface area contributed by atoms with Crippen molar-refractivity contribution in [2.75, 3.05) is 13.2 Å². The van der Waals surface area contributed by atoms with E-state index in [4.69, 9.17) is 10.6 Å². The highest BCUT2D eigenvalue weighted by atomic mass is 16.5. The summed E-state index contributed by atoms with van der Waals surface area (Å²) >= 11 is 0. The second-order valence-electron chi connectivity index (χ2n) is 3.86. The summed E-state index contributed by atoms with van der Waals surface area (Å²) in [6.07, 6.45) is 3.56. The lowest BCUT2D eigenvalue weighted by Crippen LogP contribution is -2.49. The van der Waals surface area contributed by atoms with Gasteiger partial charge in [0.2, 0.25) is 5.96 Å². The Balaban J connectivity index is 2.36. The van der Waals surface area contributed by atoms with Gasteiger partial charge in [0, 0.05) is 13.2 Å². The Morgan fingerprint density at radius 1 is 1.67 bits per heavy atom. The molecule has 0 spiro atoms. The number of hydrazine groups is 1. The number of rotatable bonds is 4. The Labute approximate surface area is 91.4 Å². The summed E-state index contributed by atoms with van der Waals surface area (Å²) in [4.78, 5) is 4.29. The van der Waals surface area contributed by atoms with Crippen LogP contribution in [0.1, 0.15) is 33.1 Å². The van der Waals surface area contributed by atoms with Crippen LogP contribution >= 0.6 is 0 Å². The third kappa shape index (κ3) is 4.05. The molecule has 0 aromatic carbocycles. The molecule has 0 bridgehead atoms. The maximum Gasteiger partial charge on any atom is 0.206 e. The van der Waals surface area contributed by atoms with Crippen LogP contribution in [-0.4, -0.2) is 31.3 Å². The van der Waals surface area contributed by atoms with Gasteiger partial charge < -0.3 is 10.1 Å². The lowest BCUT2D eigenvalue weighted by molar-refractivity contribution is 0.0890. The average molecular weight is 214 g/mol. The zero-order valence-electron chi connectivity index (χ0n) is 9.62. The molecule has 1 fully saturated rings. The normalized spacial score (nSPS) is 23.9. The van der Waals surface area contributed by atoms with Crippen LogP contribution in [0, 0.1) is 0 Å². The molecule has 0 radical (unpaired) electrons. The molecule has 15 heavy (non-hydrogen) atoms. The van der Waals surface area contributed by atoms with Gasteiger partial charge in [0.15, 0.2) is 0 Å². The summed E-state index contributed by atoms with van der Waals surface area (Å²) in [5.41, 5.74) is 2.57. The molecule has 5 heteroatoms. The predicted molar refractivity (Wildman–Crippen MR) is 61.5 cm³/mol. The molecule has 4 N–H and O–H groups in total. The van der Waals surface area contributed by atoms with E-state index in [1.54, 1.807) is 0 Å². The topological polar surface area (TPSA) is 71.7 Å². The van der Waals surface area contributed by atoms with Crippen molar-refractivity contribution in [3.8, 4) is 0 Å². The Morgan fingerprint density at radius 3 is 3.00 bits per heavy atom. The summed E-state index contributed by atoms with van der Waals surface area (Å²) in [6, 6.07) is 0.249. The molecular formula is C10H22N4O. The van der Waals surface area contributed by atoms with Crippen molar-refractivity contribution in [1.29, 1.82) is 0 Å². The van der Waals surface area contributed by atoms with Gasteiger partial charge in [0.25, 0.3) is 0 Å². The van der Waals surface area contributed by atoms with Gasteiger partial charge in [0.05, 0.1) is 12.1 Å². The number of hydrogen-bond donors (Lipinski definition) is 3. The molecule has 1 aliphatic heterocycles. The highest BCUT2D eigenvalue weighted by Crippen LogP contribution is 2.15. The molecule has 1 heterocycles. The first-order valence-corrected chi connectivity index (χ1v) is 5.67. The van der Waals surface area contributed by atoms with Gasteiger partial charge in [-0.1, -0.05) is 6.92 Å². The molecule has 1 rings (SSSR count). The van der Waals surface area contributed by atoms with E-state index in [-0.39, 0.29) is 12.1 Å². The van der Waals surface area contributed by atoms with Gasteiger partial charge in [-0.2, -0.15) is 0 Å². The molecular weight excluding hydrogens is 192 g/mol. The predicted octanol–water partition coefficient (Wildman–Crippen LogP) is 0.373. The Kier molecular flexibility index (Phi) is 5.42. The van der Waals surface area contributed by atoms with E-state index in [2.05, 4.69) is 29.6 Å². The van der Waals surface area contributed by atoms with Crippen molar-refractivity contribution in [2.24, 2.45) is 10.8 Å². The van der Waals surface area contributed by atoms with E-state index in [0.29, 0.717) is 5.96 Å². The van der Waals surface area contributed by atoms with Crippen LogP contribution in [0.25, 0.3) is 0 Å². The summed E-state index contributed by atoms with van der Waals surface area (Å²) in [5.74, 6) is 6.03. The fourth-order valence-corrected chi connectivity index (χ4v) is 1.66. The summed E-state index contributed by atoms with van der Waals surface area (Å²) in [6.45, 7) is 5.83.